The third-order valence-electron chi connectivity index (χ3n) is 5.09. The summed E-state index contributed by atoms with van der Waals surface area (Å²) in [6.07, 6.45) is 22.1. The van der Waals surface area contributed by atoms with Crippen LogP contribution in [0.25, 0.3) is 0 Å². The lowest BCUT2D eigenvalue weighted by Crippen LogP contribution is -2.36. The predicted molar refractivity (Wildman–Crippen MR) is 114 cm³/mol. The Kier molecular flexibility index (Phi) is 20.4. The lowest BCUT2D eigenvalue weighted by atomic mass is 10.0. The van der Waals surface area contributed by atoms with Gasteiger partial charge in [0.05, 0.1) is 0 Å². The predicted octanol–water partition coefficient (Wildman–Crippen LogP) is 4.41. The molecule has 0 aromatic carbocycles. The van der Waals surface area contributed by atoms with Crippen molar-refractivity contribution in [2.45, 2.75) is 122 Å². The summed E-state index contributed by atoms with van der Waals surface area (Å²) in [6, 6.07) is 0. The summed E-state index contributed by atoms with van der Waals surface area (Å²) in [5, 5.41) is 32.5. The molecule has 0 spiro atoms. The minimum absolute atomic E-state index is 0.0896. The first-order valence-corrected chi connectivity index (χ1v) is 11.6. The van der Waals surface area contributed by atoms with Gasteiger partial charge in [-0.25, -0.2) is 0 Å². The summed E-state index contributed by atoms with van der Waals surface area (Å²) in [5.74, 6) is -2.55. The number of aliphatic hydroxyl groups is 3. The molecule has 27 heavy (non-hydrogen) atoms. The van der Waals surface area contributed by atoms with Gasteiger partial charge in [0, 0.05) is 19.6 Å². The quantitative estimate of drug-likeness (QED) is 0.140. The van der Waals surface area contributed by atoms with Crippen LogP contribution in [0.3, 0.4) is 0 Å². The van der Waals surface area contributed by atoms with Crippen molar-refractivity contribution in [2.24, 2.45) is 0 Å². The van der Waals surface area contributed by atoms with Gasteiger partial charge in [0.1, 0.15) is 0 Å². The second-order valence-corrected chi connectivity index (χ2v) is 8.00. The summed E-state index contributed by atoms with van der Waals surface area (Å²) >= 11 is 0. The molecule has 0 aliphatic carbocycles. The number of hydrogen-bond donors (Lipinski definition) is 5. The molecular formula is C22H48N2O3. The lowest BCUT2D eigenvalue weighted by Gasteiger charge is -2.14. The molecule has 0 aromatic heterocycles. The van der Waals surface area contributed by atoms with Crippen molar-refractivity contribution in [2.75, 3.05) is 19.8 Å². The van der Waals surface area contributed by atoms with Gasteiger partial charge < -0.3 is 26.0 Å². The highest BCUT2D eigenvalue weighted by molar-refractivity contribution is 4.54. The Labute approximate surface area is 168 Å². The van der Waals surface area contributed by atoms with E-state index < -0.39 is 5.97 Å². The Morgan fingerprint density at radius 1 is 0.519 bits per heavy atom. The monoisotopic (exact) mass is 388 g/mol. The van der Waals surface area contributed by atoms with E-state index in [1.165, 1.54) is 103 Å². The van der Waals surface area contributed by atoms with Crippen LogP contribution in [0.4, 0.5) is 0 Å². The molecule has 0 saturated heterocycles. The van der Waals surface area contributed by atoms with E-state index in [1.54, 1.807) is 0 Å². The molecular weight excluding hydrogens is 340 g/mol. The van der Waals surface area contributed by atoms with Crippen LogP contribution in [0.1, 0.15) is 116 Å². The summed E-state index contributed by atoms with van der Waals surface area (Å²) < 4.78 is 0. The molecule has 164 valence electrons. The number of hydrogen-bond acceptors (Lipinski definition) is 5. The van der Waals surface area contributed by atoms with Crippen molar-refractivity contribution in [3.05, 3.63) is 0 Å². The van der Waals surface area contributed by atoms with Crippen LogP contribution in [0.2, 0.25) is 0 Å². The fourth-order valence-electron chi connectivity index (χ4n) is 3.32. The van der Waals surface area contributed by atoms with Gasteiger partial charge in [0.25, 0.3) is 5.97 Å². The Morgan fingerprint density at radius 2 is 0.889 bits per heavy atom. The number of rotatable bonds is 22. The SMILES string of the molecule is CCCCCCCCCCCCCCCCCCNCNCCC(O)(O)O. The zero-order valence-corrected chi connectivity index (χ0v) is 18.0. The smallest absolute Gasteiger partial charge is 0.276 e. The summed E-state index contributed by atoms with van der Waals surface area (Å²) in [4.78, 5) is 0. The maximum Gasteiger partial charge on any atom is 0.276 e. The molecule has 0 fully saturated rings. The van der Waals surface area contributed by atoms with Crippen molar-refractivity contribution in [3.8, 4) is 0 Å². The van der Waals surface area contributed by atoms with Crippen LogP contribution in [0.5, 0.6) is 0 Å². The third kappa shape index (κ3) is 25.8. The molecule has 0 radical (unpaired) electrons. The van der Waals surface area contributed by atoms with Crippen molar-refractivity contribution in [3.63, 3.8) is 0 Å². The van der Waals surface area contributed by atoms with Gasteiger partial charge >= 0.3 is 0 Å². The Hall–Kier alpha value is -0.200. The van der Waals surface area contributed by atoms with Gasteiger partial charge in [-0.2, -0.15) is 0 Å². The van der Waals surface area contributed by atoms with Gasteiger partial charge in [0.15, 0.2) is 0 Å². The van der Waals surface area contributed by atoms with E-state index in [0.29, 0.717) is 13.2 Å². The average molecular weight is 389 g/mol. The van der Waals surface area contributed by atoms with Gasteiger partial charge in [-0.1, -0.05) is 103 Å². The minimum atomic E-state index is -2.55. The molecule has 0 unspecified atom stereocenters. The van der Waals surface area contributed by atoms with Crippen LogP contribution < -0.4 is 10.6 Å². The summed E-state index contributed by atoms with van der Waals surface area (Å²) in [5.41, 5.74) is 0. The van der Waals surface area contributed by atoms with Crippen LogP contribution in [-0.2, 0) is 0 Å². The molecule has 0 aromatic rings. The first-order valence-electron chi connectivity index (χ1n) is 11.6. The van der Waals surface area contributed by atoms with E-state index in [1.807, 2.05) is 0 Å². The molecule has 0 bridgehead atoms. The molecule has 0 aliphatic heterocycles. The van der Waals surface area contributed by atoms with Crippen LogP contribution in [0.15, 0.2) is 0 Å². The number of unbranched alkanes of at least 4 members (excludes halogenated alkanes) is 15. The van der Waals surface area contributed by atoms with Crippen molar-refractivity contribution in [1.29, 1.82) is 0 Å². The molecule has 0 rings (SSSR count). The highest BCUT2D eigenvalue weighted by atomic mass is 16.7. The molecule has 5 heteroatoms. The average Bonchev–Trinajstić information content (AvgIpc) is 2.62. The van der Waals surface area contributed by atoms with Crippen molar-refractivity contribution < 1.29 is 15.3 Å². The van der Waals surface area contributed by atoms with Gasteiger partial charge in [-0.3, -0.25) is 0 Å². The van der Waals surface area contributed by atoms with Crippen molar-refractivity contribution in [1.82, 2.24) is 10.6 Å². The lowest BCUT2D eigenvalue weighted by molar-refractivity contribution is -0.313. The zero-order valence-electron chi connectivity index (χ0n) is 18.0. The van der Waals surface area contributed by atoms with E-state index in [-0.39, 0.29) is 6.42 Å². The maximum absolute atomic E-state index is 8.73. The number of nitrogens with one attached hydrogen (secondary N) is 2. The van der Waals surface area contributed by atoms with Crippen LogP contribution >= 0.6 is 0 Å². The van der Waals surface area contributed by atoms with E-state index in [4.69, 9.17) is 15.3 Å². The highest BCUT2D eigenvalue weighted by Gasteiger charge is 2.16. The molecule has 0 heterocycles. The highest BCUT2D eigenvalue weighted by Crippen LogP contribution is 2.13. The maximum atomic E-state index is 8.73. The fraction of sp³-hybridized carbons (Fsp3) is 1.00. The van der Waals surface area contributed by atoms with E-state index in [2.05, 4.69) is 17.6 Å². The minimum Gasteiger partial charge on any atom is -0.344 e. The Balaban J connectivity index is 3.01. The van der Waals surface area contributed by atoms with E-state index in [9.17, 15) is 0 Å². The summed E-state index contributed by atoms with van der Waals surface area (Å²) in [6.45, 7) is 4.26. The molecule has 0 saturated carbocycles. The Bertz CT molecular complexity index is 283. The summed E-state index contributed by atoms with van der Waals surface area (Å²) in [7, 11) is 0. The van der Waals surface area contributed by atoms with E-state index >= 15 is 0 Å². The molecule has 0 aliphatic rings. The van der Waals surface area contributed by atoms with Crippen molar-refractivity contribution >= 4 is 0 Å². The van der Waals surface area contributed by atoms with Gasteiger partial charge in [0.2, 0.25) is 0 Å². The fourth-order valence-corrected chi connectivity index (χ4v) is 3.32. The normalized spacial score (nSPS) is 12.0. The second-order valence-electron chi connectivity index (χ2n) is 8.00. The molecule has 5 N–H and O–H groups in total. The Morgan fingerprint density at radius 3 is 1.30 bits per heavy atom. The first kappa shape index (κ1) is 26.8. The zero-order chi connectivity index (χ0) is 20.1. The molecule has 0 atom stereocenters. The first-order chi connectivity index (χ1) is 13.1. The molecule has 0 amide bonds. The van der Waals surface area contributed by atoms with Gasteiger partial charge in [-0.05, 0) is 13.0 Å². The second kappa shape index (κ2) is 20.5. The third-order valence-corrected chi connectivity index (χ3v) is 5.09. The largest absolute Gasteiger partial charge is 0.344 e. The van der Waals surface area contributed by atoms with Gasteiger partial charge in [-0.15, -0.1) is 0 Å². The van der Waals surface area contributed by atoms with E-state index in [0.717, 1.165) is 6.54 Å². The van der Waals surface area contributed by atoms with Crippen LogP contribution in [0, 0.1) is 0 Å². The standard InChI is InChI=1S/C22H48N2O3/c1-2-3-4-5-6-7-8-9-10-11-12-13-14-15-16-17-19-23-21-24-20-18-22(25,26)27/h23-27H,2-21H2,1H3. The topological polar surface area (TPSA) is 84.8 Å². The van der Waals surface area contributed by atoms with Crippen LogP contribution in [-0.4, -0.2) is 41.1 Å². The molecule has 5 nitrogen and oxygen atoms in total.